The lowest BCUT2D eigenvalue weighted by Gasteiger charge is -2.31. The molecule has 172 valence electrons. The summed E-state index contributed by atoms with van der Waals surface area (Å²) in [7, 11) is 1.96. The largest absolute Gasteiger partial charge is 0.346 e. The molecule has 2 N–H and O–H groups in total. The van der Waals surface area contributed by atoms with Crippen LogP contribution < -0.4 is 5.32 Å². The number of pyridine rings is 1. The van der Waals surface area contributed by atoms with Crippen LogP contribution in [-0.4, -0.2) is 56.6 Å². The number of thiophene rings is 1. The van der Waals surface area contributed by atoms with Crippen LogP contribution >= 0.6 is 11.3 Å². The Hall–Kier alpha value is -2.71. The van der Waals surface area contributed by atoms with Crippen LogP contribution in [0.3, 0.4) is 0 Å². The van der Waals surface area contributed by atoms with Crippen molar-refractivity contribution >= 4 is 33.1 Å². The molecule has 0 spiro atoms. The molecule has 1 aliphatic carbocycles. The molecule has 5 heterocycles. The molecule has 8 heteroatoms. The topological polar surface area (TPSA) is 78.3 Å². The van der Waals surface area contributed by atoms with Gasteiger partial charge in [0.15, 0.2) is 5.65 Å². The van der Waals surface area contributed by atoms with Crippen LogP contribution in [0.1, 0.15) is 65.4 Å². The molecule has 33 heavy (non-hydrogen) atoms. The Morgan fingerprint density at radius 1 is 1.24 bits per heavy atom. The normalized spacial score (nSPS) is 16.8. The summed E-state index contributed by atoms with van der Waals surface area (Å²) in [5, 5.41) is 9.00. The van der Waals surface area contributed by atoms with E-state index in [1.807, 2.05) is 16.5 Å². The zero-order chi connectivity index (χ0) is 22.7. The first-order chi connectivity index (χ1) is 16.0. The van der Waals surface area contributed by atoms with Crippen LogP contribution in [0.15, 0.2) is 18.6 Å². The standard InChI is InChI=1S/C25H30N6OS/c1-14(2)21-18-11-20(25(32)30(3)15-7-9-26-10-8-15)33-24(18)29-22(21)19-12-31-23(27-13-28-31)17-6-4-5-16(17)19/h11-15,26,29H,4-10H2,1-3H3. The van der Waals surface area contributed by atoms with E-state index in [0.717, 1.165) is 60.5 Å². The number of nitrogens with one attached hydrogen (secondary N) is 2. The Morgan fingerprint density at radius 3 is 2.82 bits per heavy atom. The van der Waals surface area contributed by atoms with Gasteiger partial charge in [0.25, 0.3) is 5.91 Å². The molecular weight excluding hydrogens is 432 g/mol. The molecule has 0 aromatic carbocycles. The van der Waals surface area contributed by atoms with E-state index in [0.29, 0.717) is 12.0 Å². The number of fused-ring (bicyclic) bond motifs is 4. The van der Waals surface area contributed by atoms with E-state index >= 15 is 0 Å². The van der Waals surface area contributed by atoms with Crippen LogP contribution in [0, 0.1) is 0 Å². The number of H-pyrrole nitrogens is 1. The van der Waals surface area contributed by atoms with Gasteiger partial charge in [0.05, 0.1) is 10.6 Å². The van der Waals surface area contributed by atoms with Crippen molar-refractivity contribution in [3.8, 4) is 11.3 Å². The minimum Gasteiger partial charge on any atom is -0.346 e. The van der Waals surface area contributed by atoms with Crippen LogP contribution in [0.25, 0.3) is 27.1 Å². The molecular formula is C25H30N6OS. The predicted molar refractivity (Wildman–Crippen MR) is 132 cm³/mol. The van der Waals surface area contributed by atoms with E-state index in [2.05, 4.69) is 46.5 Å². The number of piperidine rings is 1. The molecule has 6 rings (SSSR count). The molecule has 0 radical (unpaired) electrons. The van der Waals surface area contributed by atoms with Gasteiger partial charge in [-0.1, -0.05) is 13.8 Å². The number of aromatic nitrogens is 4. The summed E-state index contributed by atoms with van der Waals surface area (Å²) < 4.78 is 1.92. The maximum atomic E-state index is 13.3. The van der Waals surface area contributed by atoms with Gasteiger partial charge in [-0.3, -0.25) is 4.79 Å². The lowest BCUT2D eigenvalue weighted by Crippen LogP contribution is -2.43. The van der Waals surface area contributed by atoms with Crippen molar-refractivity contribution in [2.75, 3.05) is 20.1 Å². The van der Waals surface area contributed by atoms with Crippen LogP contribution in [0.2, 0.25) is 0 Å². The minimum atomic E-state index is 0.137. The quantitative estimate of drug-likeness (QED) is 0.472. The zero-order valence-corrected chi connectivity index (χ0v) is 20.3. The number of amides is 1. The molecule has 0 unspecified atom stereocenters. The summed E-state index contributed by atoms with van der Waals surface area (Å²) in [6.07, 6.45) is 9.09. The molecule has 1 amide bonds. The Kier molecular flexibility index (Phi) is 5.03. The summed E-state index contributed by atoms with van der Waals surface area (Å²) in [4.78, 5) is 25.4. The van der Waals surface area contributed by atoms with Gasteiger partial charge in [-0.05, 0) is 68.3 Å². The van der Waals surface area contributed by atoms with E-state index in [1.54, 1.807) is 17.7 Å². The highest BCUT2D eigenvalue weighted by Crippen LogP contribution is 2.42. The summed E-state index contributed by atoms with van der Waals surface area (Å²) in [5.74, 6) is 0.467. The van der Waals surface area contributed by atoms with Crippen molar-refractivity contribution < 1.29 is 4.79 Å². The Labute approximate surface area is 197 Å². The van der Waals surface area contributed by atoms with Crippen molar-refractivity contribution in [3.63, 3.8) is 0 Å². The fraction of sp³-hybridized carbons (Fsp3) is 0.480. The molecule has 1 saturated heterocycles. The molecule has 0 bridgehead atoms. The van der Waals surface area contributed by atoms with Crippen LogP contribution in [0.4, 0.5) is 0 Å². The molecule has 1 aliphatic heterocycles. The minimum absolute atomic E-state index is 0.137. The van der Waals surface area contributed by atoms with Gasteiger partial charge in [0.2, 0.25) is 0 Å². The Balaban J connectivity index is 1.44. The number of nitrogens with zero attached hydrogens (tertiary/aromatic N) is 4. The Bertz CT molecular complexity index is 1360. The maximum absolute atomic E-state index is 13.3. The number of aromatic amines is 1. The summed E-state index contributed by atoms with van der Waals surface area (Å²) in [6, 6.07) is 2.43. The molecule has 4 aromatic rings. The van der Waals surface area contributed by atoms with E-state index in [9.17, 15) is 4.79 Å². The third-order valence-electron chi connectivity index (χ3n) is 7.40. The second-order valence-electron chi connectivity index (χ2n) is 9.70. The third-order valence-corrected chi connectivity index (χ3v) is 8.44. The fourth-order valence-electron chi connectivity index (χ4n) is 5.71. The molecule has 7 nitrogen and oxygen atoms in total. The SMILES string of the molecule is CC(C)c1c(-c2cn3ncnc3c3c2CCC3)[nH]c2sc(C(=O)N(C)C3CCNCC3)cc12. The molecule has 2 aliphatic rings. The van der Waals surface area contributed by atoms with Gasteiger partial charge in [-0.2, -0.15) is 5.10 Å². The second kappa shape index (κ2) is 7.95. The van der Waals surface area contributed by atoms with E-state index in [1.165, 1.54) is 33.3 Å². The third kappa shape index (κ3) is 3.30. The van der Waals surface area contributed by atoms with Gasteiger partial charge in [-0.25, -0.2) is 9.50 Å². The average molecular weight is 463 g/mol. The van der Waals surface area contributed by atoms with Gasteiger partial charge in [-0.15, -0.1) is 11.3 Å². The van der Waals surface area contributed by atoms with Crippen LogP contribution in [0.5, 0.6) is 0 Å². The fourth-order valence-corrected chi connectivity index (χ4v) is 6.77. The number of carbonyl (C=O) groups is 1. The number of carbonyl (C=O) groups excluding carboxylic acids is 1. The average Bonchev–Trinajstić information content (AvgIpc) is 3.59. The smallest absolute Gasteiger partial charge is 0.264 e. The van der Waals surface area contributed by atoms with Gasteiger partial charge >= 0.3 is 0 Å². The first-order valence-corrected chi connectivity index (χ1v) is 12.8. The monoisotopic (exact) mass is 462 g/mol. The van der Waals surface area contributed by atoms with Crippen LogP contribution in [-0.2, 0) is 12.8 Å². The molecule has 0 atom stereocenters. The zero-order valence-electron chi connectivity index (χ0n) is 19.4. The maximum Gasteiger partial charge on any atom is 0.264 e. The first-order valence-electron chi connectivity index (χ1n) is 12.0. The highest BCUT2D eigenvalue weighted by Gasteiger charge is 2.28. The highest BCUT2D eigenvalue weighted by atomic mass is 32.1. The van der Waals surface area contributed by atoms with Crippen molar-refractivity contribution in [2.45, 2.75) is 57.9 Å². The number of aryl methyl sites for hydroxylation is 1. The molecule has 1 fully saturated rings. The molecule has 4 aromatic heterocycles. The number of hydrogen-bond donors (Lipinski definition) is 2. The Morgan fingerprint density at radius 2 is 2.03 bits per heavy atom. The summed E-state index contributed by atoms with van der Waals surface area (Å²) in [6.45, 7) is 6.44. The molecule has 0 saturated carbocycles. The van der Waals surface area contributed by atoms with Crippen molar-refractivity contribution in [2.24, 2.45) is 0 Å². The summed E-state index contributed by atoms with van der Waals surface area (Å²) in [5.41, 5.74) is 7.41. The van der Waals surface area contributed by atoms with Crippen molar-refractivity contribution in [3.05, 3.63) is 40.2 Å². The second-order valence-corrected chi connectivity index (χ2v) is 10.8. The predicted octanol–water partition coefficient (Wildman–Crippen LogP) is 4.38. The van der Waals surface area contributed by atoms with Crippen molar-refractivity contribution in [1.29, 1.82) is 0 Å². The van der Waals surface area contributed by atoms with E-state index < -0.39 is 0 Å². The lowest BCUT2D eigenvalue weighted by molar-refractivity contribution is 0.0708. The lowest BCUT2D eigenvalue weighted by atomic mass is 9.94. The van der Waals surface area contributed by atoms with Gasteiger partial charge in [0.1, 0.15) is 11.2 Å². The number of hydrogen-bond acceptors (Lipinski definition) is 5. The van der Waals surface area contributed by atoms with E-state index in [4.69, 9.17) is 0 Å². The van der Waals surface area contributed by atoms with Gasteiger partial charge < -0.3 is 15.2 Å². The van der Waals surface area contributed by atoms with Crippen molar-refractivity contribution in [1.82, 2.24) is 29.8 Å². The van der Waals surface area contributed by atoms with Gasteiger partial charge in [0, 0.05) is 35.8 Å². The number of rotatable bonds is 4. The van der Waals surface area contributed by atoms with E-state index in [-0.39, 0.29) is 5.91 Å². The highest BCUT2D eigenvalue weighted by molar-refractivity contribution is 7.20. The first kappa shape index (κ1) is 20.9. The summed E-state index contributed by atoms with van der Waals surface area (Å²) >= 11 is 1.59.